The van der Waals surface area contributed by atoms with E-state index in [-0.39, 0.29) is 24.0 Å². The maximum Gasteiger partial charge on any atom is 0.303 e. The molecule has 0 amide bonds. The van der Waals surface area contributed by atoms with Gasteiger partial charge in [0.2, 0.25) is 0 Å². The maximum atomic E-state index is 12.1. The molecule has 0 aromatic heterocycles. The number of aliphatic hydroxyl groups excluding tert-OH is 2. The Hall–Kier alpha value is -1.90. The number of hydrogen-bond acceptors (Lipinski definition) is 4. The molecule has 5 heteroatoms. The van der Waals surface area contributed by atoms with Gasteiger partial charge in [-0.05, 0) is 37.7 Å². The fourth-order valence-electron chi connectivity index (χ4n) is 3.98. The lowest BCUT2D eigenvalue weighted by molar-refractivity contribution is -0.137. The van der Waals surface area contributed by atoms with Crippen LogP contribution >= 0.6 is 0 Å². The van der Waals surface area contributed by atoms with Crippen LogP contribution in [0.4, 0.5) is 0 Å². The Morgan fingerprint density at radius 1 is 1.18 bits per heavy atom. The number of carboxylic acid groups (broad SMARTS) is 1. The van der Waals surface area contributed by atoms with Crippen LogP contribution in [-0.4, -0.2) is 39.3 Å². The summed E-state index contributed by atoms with van der Waals surface area (Å²) in [5.74, 6) is 4.18. The lowest BCUT2D eigenvalue weighted by Gasteiger charge is -2.25. The fourth-order valence-corrected chi connectivity index (χ4v) is 3.98. The molecule has 154 valence electrons. The zero-order valence-electron chi connectivity index (χ0n) is 16.4. The van der Waals surface area contributed by atoms with Gasteiger partial charge in [0, 0.05) is 18.8 Å². The molecule has 1 fully saturated rings. The summed E-state index contributed by atoms with van der Waals surface area (Å²) in [5, 5.41) is 29.3. The number of unbranched alkanes of at least 4 members (excludes halogenated alkanes) is 3. The molecular formula is C23H32O5. The molecule has 0 aromatic carbocycles. The Kier molecular flexibility index (Phi) is 9.46. The number of aliphatic carboxylic acids is 1. The van der Waals surface area contributed by atoms with Gasteiger partial charge in [-0.1, -0.05) is 49.8 Å². The number of rotatable bonds is 9. The van der Waals surface area contributed by atoms with Crippen molar-refractivity contribution in [1.82, 2.24) is 0 Å². The number of aliphatic hydroxyl groups is 2. The highest BCUT2D eigenvalue weighted by molar-refractivity contribution is 5.95. The highest BCUT2D eigenvalue weighted by atomic mass is 16.4. The van der Waals surface area contributed by atoms with E-state index in [1.807, 2.05) is 6.08 Å². The minimum Gasteiger partial charge on any atom is -0.481 e. The summed E-state index contributed by atoms with van der Waals surface area (Å²) in [6.07, 6.45) is 13.9. The van der Waals surface area contributed by atoms with Gasteiger partial charge in [0.15, 0.2) is 5.78 Å². The molecule has 5 nitrogen and oxygen atoms in total. The predicted molar refractivity (Wildman–Crippen MR) is 107 cm³/mol. The van der Waals surface area contributed by atoms with Crippen molar-refractivity contribution >= 4 is 11.8 Å². The summed E-state index contributed by atoms with van der Waals surface area (Å²) in [5.41, 5.74) is 0. The first-order valence-corrected chi connectivity index (χ1v) is 10.5. The Morgan fingerprint density at radius 2 is 1.93 bits per heavy atom. The molecule has 2 rings (SSSR count). The van der Waals surface area contributed by atoms with E-state index in [2.05, 4.69) is 11.8 Å². The van der Waals surface area contributed by atoms with E-state index in [1.54, 1.807) is 12.2 Å². The zero-order valence-corrected chi connectivity index (χ0v) is 16.4. The summed E-state index contributed by atoms with van der Waals surface area (Å²) in [6.45, 7) is 0. The van der Waals surface area contributed by atoms with E-state index in [1.165, 1.54) is 12.5 Å². The van der Waals surface area contributed by atoms with Gasteiger partial charge in [-0.3, -0.25) is 9.59 Å². The molecule has 2 aliphatic rings. The van der Waals surface area contributed by atoms with Gasteiger partial charge in [-0.15, -0.1) is 5.92 Å². The van der Waals surface area contributed by atoms with Gasteiger partial charge in [0.05, 0.1) is 12.0 Å². The second kappa shape index (κ2) is 11.8. The van der Waals surface area contributed by atoms with E-state index < -0.39 is 24.1 Å². The fraction of sp³-hybridized carbons (Fsp3) is 0.652. The van der Waals surface area contributed by atoms with Crippen molar-refractivity contribution in [3.8, 4) is 11.8 Å². The number of carbonyl (C=O) groups is 2. The molecule has 1 saturated carbocycles. The van der Waals surface area contributed by atoms with Crippen molar-refractivity contribution in [1.29, 1.82) is 0 Å². The third kappa shape index (κ3) is 7.26. The maximum absolute atomic E-state index is 12.1. The van der Waals surface area contributed by atoms with Crippen molar-refractivity contribution in [2.75, 3.05) is 0 Å². The quantitative estimate of drug-likeness (QED) is 0.320. The van der Waals surface area contributed by atoms with Crippen molar-refractivity contribution in [3.05, 3.63) is 24.3 Å². The van der Waals surface area contributed by atoms with Gasteiger partial charge < -0.3 is 15.3 Å². The summed E-state index contributed by atoms with van der Waals surface area (Å²) >= 11 is 0. The second-order valence-electron chi connectivity index (χ2n) is 7.86. The Labute approximate surface area is 167 Å². The van der Waals surface area contributed by atoms with E-state index >= 15 is 0 Å². The van der Waals surface area contributed by atoms with Gasteiger partial charge in [-0.25, -0.2) is 0 Å². The first-order valence-electron chi connectivity index (χ1n) is 10.5. The molecule has 4 atom stereocenters. The molecular weight excluding hydrogens is 356 g/mol. The monoisotopic (exact) mass is 388 g/mol. The van der Waals surface area contributed by atoms with Gasteiger partial charge >= 0.3 is 5.97 Å². The summed E-state index contributed by atoms with van der Waals surface area (Å²) in [6, 6.07) is 0. The van der Waals surface area contributed by atoms with Crippen LogP contribution in [0.2, 0.25) is 0 Å². The zero-order chi connectivity index (χ0) is 20.4. The number of carboxylic acids is 1. The topological polar surface area (TPSA) is 94.8 Å². The first kappa shape index (κ1) is 22.4. The average molecular weight is 389 g/mol. The van der Waals surface area contributed by atoms with Gasteiger partial charge in [-0.2, -0.15) is 0 Å². The Bertz CT molecular complexity index is 633. The van der Waals surface area contributed by atoms with E-state index in [9.17, 15) is 19.8 Å². The number of ketones is 1. The lowest BCUT2D eigenvalue weighted by atomic mass is 9.84. The molecule has 0 spiro atoms. The average Bonchev–Trinajstić information content (AvgIpc) is 3.06. The van der Waals surface area contributed by atoms with Crippen LogP contribution in [0.1, 0.15) is 64.2 Å². The van der Waals surface area contributed by atoms with E-state index in [0.717, 1.165) is 38.5 Å². The van der Waals surface area contributed by atoms with E-state index in [0.29, 0.717) is 12.8 Å². The van der Waals surface area contributed by atoms with Crippen LogP contribution in [-0.2, 0) is 9.59 Å². The molecule has 3 N–H and O–H groups in total. The van der Waals surface area contributed by atoms with Crippen LogP contribution < -0.4 is 0 Å². The number of allylic oxidation sites excluding steroid dienone is 3. The van der Waals surface area contributed by atoms with Crippen molar-refractivity contribution in [2.24, 2.45) is 17.8 Å². The summed E-state index contributed by atoms with van der Waals surface area (Å²) in [7, 11) is 0. The minimum absolute atomic E-state index is 0.134. The normalized spacial score (nSPS) is 24.9. The molecule has 0 bridgehead atoms. The third-order valence-corrected chi connectivity index (χ3v) is 5.67. The molecule has 4 unspecified atom stereocenters. The first-order chi connectivity index (χ1) is 13.5. The van der Waals surface area contributed by atoms with Crippen LogP contribution in [0.3, 0.4) is 0 Å². The Morgan fingerprint density at radius 3 is 2.64 bits per heavy atom. The van der Waals surface area contributed by atoms with Crippen LogP contribution in [0.15, 0.2) is 24.3 Å². The summed E-state index contributed by atoms with van der Waals surface area (Å²) < 4.78 is 0. The van der Waals surface area contributed by atoms with E-state index in [4.69, 9.17) is 5.11 Å². The smallest absolute Gasteiger partial charge is 0.303 e. The molecule has 0 aromatic rings. The largest absolute Gasteiger partial charge is 0.481 e. The minimum atomic E-state index is -1.04. The van der Waals surface area contributed by atoms with Crippen molar-refractivity contribution in [2.45, 2.75) is 76.4 Å². The van der Waals surface area contributed by atoms with Gasteiger partial charge in [0.1, 0.15) is 6.10 Å². The molecule has 2 aliphatic carbocycles. The third-order valence-electron chi connectivity index (χ3n) is 5.67. The second-order valence-corrected chi connectivity index (χ2v) is 7.86. The standard InChI is InChI=1S/C23H32O5/c24-19(17-9-5-4-6-10-17)15-13-18-14-16-21(26)23(18)20(25)11-7-2-1-3-8-12-22(27)28/h13-20,23-25H,1-6,8-10,12H2,(H,27,28). The van der Waals surface area contributed by atoms with Crippen LogP contribution in [0.5, 0.6) is 0 Å². The number of hydrogen-bond donors (Lipinski definition) is 3. The SMILES string of the molecule is O=C(O)CCCCCC#CC(O)C1C(=O)C=CC1C=CC(O)C1CCCCC1. The molecule has 0 aliphatic heterocycles. The highest BCUT2D eigenvalue weighted by Gasteiger charge is 2.34. The molecule has 28 heavy (non-hydrogen) atoms. The van der Waals surface area contributed by atoms with Crippen molar-refractivity contribution in [3.63, 3.8) is 0 Å². The predicted octanol–water partition coefficient (Wildman–Crippen LogP) is 3.25. The van der Waals surface area contributed by atoms with Crippen LogP contribution in [0.25, 0.3) is 0 Å². The number of carbonyl (C=O) groups excluding carboxylic acids is 1. The molecule has 0 radical (unpaired) electrons. The lowest BCUT2D eigenvalue weighted by Crippen LogP contribution is -2.28. The molecule has 0 heterocycles. The summed E-state index contributed by atoms with van der Waals surface area (Å²) in [4.78, 5) is 22.6. The van der Waals surface area contributed by atoms with Gasteiger partial charge in [0.25, 0.3) is 0 Å². The highest BCUT2D eigenvalue weighted by Crippen LogP contribution is 2.30. The van der Waals surface area contributed by atoms with Crippen molar-refractivity contribution < 1.29 is 24.9 Å². The molecule has 0 saturated heterocycles. The van der Waals surface area contributed by atoms with Crippen LogP contribution in [0, 0.1) is 29.6 Å². The Balaban J connectivity index is 1.81.